The van der Waals surface area contributed by atoms with Gasteiger partial charge in [-0.05, 0) is 18.8 Å². The summed E-state index contributed by atoms with van der Waals surface area (Å²) in [5.41, 5.74) is 0. The second-order valence-electron chi connectivity index (χ2n) is 4.13. The van der Waals surface area contributed by atoms with Crippen LogP contribution in [0.2, 0.25) is 6.04 Å². The summed E-state index contributed by atoms with van der Waals surface area (Å²) in [5.74, 6) is -0.0811. The molecule has 0 rings (SSSR count). The van der Waals surface area contributed by atoms with Crippen LogP contribution in [0, 0.1) is 5.92 Å². The number of hydrogen-bond acceptors (Lipinski definition) is 5. The molecule has 0 fully saturated rings. The van der Waals surface area contributed by atoms with Crippen molar-refractivity contribution in [3.8, 4) is 0 Å². The monoisotopic (exact) mass is 276 g/mol. The topological polar surface area (TPSA) is 54.0 Å². The van der Waals surface area contributed by atoms with Crippen LogP contribution in [0.4, 0.5) is 0 Å². The molecule has 0 aliphatic carbocycles. The molecule has 6 heteroatoms. The van der Waals surface area contributed by atoms with E-state index in [0.717, 1.165) is 18.9 Å². The minimum Gasteiger partial charge on any atom is -0.462 e. The highest BCUT2D eigenvalue weighted by atomic mass is 28.4. The maximum Gasteiger partial charge on any atom is 0.500 e. The van der Waals surface area contributed by atoms with Gasteiger partial charge in [0.25, 0.3) is 0 Å². The Morgan fingerprint density at radius 2 is 1.83 bits per heavy atom. The number of carbonyl (C=O) groups excluding carboxylic acids is 1. The van der Waals surface area contributed by atoms with Crippen LogP contribution in [0.1, 0.15) is 19.8 Å². The first-order valence-corrected chi connectivity index (χ1v) is 7.91. The van der Waals surface area contributed by atoms with E-state index in [1.54, 1.807) is 21.3 Å². The van der Waals surface area contributed by atoms with Crippen molar-refractivity contribution in [1.82, 2.24) is 0 Å². The molecule has 0 aliphatic rings. The maximum atomic E-state index is 10.9. The second kappa shape index (κ2) is 9.27. The first-order chi connectivity index (χ1) is 8.53. The second-order valence-corrected chi connectivity index (χ2v) is 7.22. The Labute approximate surface area is 110 Å². The molecular formula is C12H24O5Si. The van der Waals surface area contributed by atoms with Crippen LogP contribution < -0.4 is 0 Å². The lowest BCUT2D eigenvalue weighted by atomic mass is 10.1. The van der Waals surface area contributed by atoms with Gasteiger partial charge in [-0.2, -0.15) is 0 Å². The van der Waals surface area contributed by atoms with Gasteiger partial charge in [0.05, 0.1) is 6.61 Å². The Bertz CT molecular complexity index is 245. The molecule has 0 N–H and O–H groups in total. The zero-order valence-electron chi connectivity index (χ0n) is 11.7. The quantitative estimate of drug-likeness (QED) is 0.347. The molecule has 0 spiro atoms. The van der Waals surface area contributed by atoms with E-state index in [4.69, 9.17) is 18.0 Å². The third kappa shape index (κ3) is 6.30. The molecule has 18 heavy (non-hydrogen) atoms. The van der Waals surface area contributed by atoms with Crippen molar-refractivity contribution < 1.29 is 22.8 Å². The number of hydrogen-bond donors (Lipinski definition) is 0. The fourth-order valence-corrected chi connectivity index (χ4v) is 3.34. The predicted octanol–water partition coefficient (Wildman–Crippen LogP) is 2.01. The van der Waals surface area contributed by atoms with Gasteiger partial charge in [-0.3, -0.25) is 0 Å². The Morgan fingerprint density at radius 3 is 2.28 bits per heavy atom. The summed E-state index contributed by atoms with van der Waals surface area (Å²) in [6.07, 6.45) is 3.01. The molecule has 0 aromatic heterocycles. The van der Waals surface area contributed by atoms with Crippen molar-refractivity contribution in [2.75, 3.05) is 27.9 Å². The lowest BCUT2D eigenvalue weighted by Crippen LogP contribution is -2.42. The summed E-state index contributed by atoms with van der Waals surface area (Å²) >= 11 is 0. The number of carbonyl (C=O) groups is 1. The van der Waals surface area contributed by atoms with Gasteiger partial charge in [-0.15, -0.1) is 0 Å². The van der Waals surface area contributed by atoms with Gasteiger partial charge < -0.3 is 18.0 Å². The highest BCUT2D eigenvalue weighted by Crippen LogP contribution is 2.19. The molecule has 0 amide bonds. The Balaban J connectivity index is 3.88. The molecule has 0 saturated heterocycles. The van der Waals surface area contributed by atoms with E-state index in [0.29, 0.717) is 12.5 Å². The molecule has 0 radical (unpaired) electrons. The molecule has 1 unspecified atom stereocenters. The smallest absolute Gasteiger partial charge is 0.462 e. The van der Waals surface area contributed by atoms with Crippen molar-refractivity contribution in [1.29, 1.82) is 0 Å². The predicted molar refractivity (Wildman–Crippen MR) is 71.1 cm³/mol. The van der Waals surface area contributed by atoms with Crippen LogP contribution in [-0.2, 0) is 22.8 Å². The minimum absolute atomic E-state index is 0.297. The largest absolute Gasteiger partial charge is 0.500 e. The molecule has 0 saturated carbocycles. The van der Waals surface area contributed by atoms with Gasteiger partial charge in [0.2, 0.25) is 0 Å². The fraction of sp³-hybridized carbons (Fsp3) is 0.750. The van der Waals surface area contributed by atoms with Gasteiger partial charge in [0.1, 0.15) is 0 Å². The van der Waals surface area contributed by atoms with E-state index in [2.05, 4.69) is 6.58 Å². The zero-order valence-corrected chi connectivity index (χ0v) is 12.7. The first kappa shape index (κ1) is 17.3. The summed E-state index contributed by atoms with van der Waals surface area (Å²) in [6.45, 7) is 5.79. The SMILES string of the molecule is C=CC(=O)OCC(C)CCC[Si](OC)(OC)OC. The van der Waals surface area contributed by atoms with Gasteiger partial charge in [-0.25, -0.2) is 4.79 Å². The van der Waals surface area contributed by atoms with Crippen LogP contribution in [-0.4, -0.2) is 42.7 Å². The Kier molecular flexibility index (Phi) is 8.91. The normalized spacial score (nSPS) is 13.1. The first-order valence-electron chi connectivity index (χ1n) is 5.98. The van der Waals surface area contributed by atoms with E-state index in [1.807, 2.05) is 6.92 Å². The molecule has 0 aromatic carbocycles. The molecule has 0 heterocycles. The van der Waals surface area contributed by atoms with Crippen LogP contribution in [0.15, 0.2) is 12.7 Å². The molecule has 1 atom stereocenters. The lowest BCUT2D eigenvalue weighted by molar-refractivity contribution is -0.139. The highest BCUT2D eigenvalue weighted by Gasteiger charge is 2.36. The molecular weight excluding hydrogens is 252 g/mol. The van der Waals surface area contributed by atoms with Crippen molar-refractivity contribution in [3.63, 3.8) is 0 Å². The van der Waals surface area contributed by atoms with Crippen LogP contribution in [0.5, 0.6) is 0 Å². The summed E-state index contributed by atoms with van der Waals surface area (Å²) < 4.78 is 21.0. The fourth-order valence-electron chi connectivity index (χ4n) is 1.59. The summed E-state index contributed by atoms with van der Waals surface area (Å²) in [5, 5.41) is 0. The summed E-state index contributed by atoms with van der Waals surface area (Å²) in [6, 6.07) is 0.760. The molecule has 0 bridgehead atoms. The van der Waals surface area contributed by atoms with Crippen molar-refractivity contribution >= 4 is 14.8 Å². The molecule has 0 aromatic rings. The van der Waals surface area contributed by atoms with E-state index in [-0.39, 0.29) is 5.97 Å². The van der Waals surface area contributed by atoms with Crippen LogP contribution in [0.3, 0.4) is 0 Å². The summed E-state index contributed by atoms with van der Waals surface area (Å²) in [7, 11) is 2.36. The minimum atomic E-state index is -2.46. The average Bonchev–Trinajstić information content (AvgIpc) is 2.41. The van der Waals surface area contributed by atoms with Crippen LogP contribution in [0.25, 0.3) is 0 Å². The van der Waals surface area contributed by atoms with Crippen molar-refractivity contribution in [3.05, 3.63) is 12.7 Å². The van der Waals surface area contributed by atoms with Gasteiger partial charge >= 0.3 is 14.8 Å². The third-order valence-electron chi connectivity index (χ3n) is 2.79. The standard InChI is InChI=1S/C12H24O5Si/c1-6-12(13)17-10-11(2)8-7-9-18(14-3,15-4)16-5/h6,11H,1,7-10H2,2-5H3. The maximum absolute atomic E-state index is 10.9. The van der Waals surface area contributed by atoms with E-state index < -0.39 is 8.80 Å². The lowest BCUT2D eigenvalue weighted by Gasteiger charge is -2.24. The number of ether oxygens (including phenoxy) is 1. The third-order valence-corrected chi connectivity index (χ3v) is 5.62. The average molecular weight is 276 g/mol. The van der Waals surface area contributed by atoms with Gasteiger partial charge in [0, 0.05) is 33.4 Å². The Morgan fingerprint density at radius 1 is 1.28 bits per heavy atom. The zero-order chi connectivity index (χ0) is 14.0. The Hall–Kier alpha value is -0.693. The number of esters is 1. The number of rotatable bonds is 10. The molecule has 106 valence electrons. The van der Waals surface area contributed by atoms with E-state index in [9.17, 15) is 4.79 Å². The van der Waals surface area contributed by atoms with E-state index in [1.165, 1.54) is 6.08 Å². The van der Waals surface area contributed by atoms with Crippen molar-refractivity contribution in [2.24, 2.45) is 5.92 Å². The van der Waals surface area contributed by atoms with E-state index >= 15 is 0 Å². The summed E-state index contributed by atoms with van der Waals surface area (Å²) in [4.78, 5) is 10.9. The van der Waals surface area contributed by atoms with Crippen LogP contribution >= 0.6 is 0 Å². The van der Waals surface area contributed by atoms with Crippen molar-refractivity contribution in [2.45, 2.75) is 25.8 Å². The van der Waals surface area contributed by atoms with Gasteiger partial charge in [-0.1, -0.05) is 13.5 Å². The molecule has 5 nitrogen and oxygen atoms in total. The van der Waals surface area contributed by atoms with Gasteiger partial charge in [0.15, 0.2) is 0 Å². The molecule has 0 aliphatic heterocycles. The highest BCUT2D eigenvalue weighted by molar-refractivity contribution is 6.60.